The van der Waals surface area contributed by atoms with Gasteiger partial charge in [-0.3, -0.25) is 9.78 Å². The van der Waals surface area contributed by atoms with Gasteiger partial charge < -0.3 is 4.90 Å². The summed E-state index contributed by atoms with van der Waals surface area (Å²) < 4.78 is 0. The van der Waals surface area contributed by atoms with E-state index in [0.717, 1.165) is 18.0 Å². The minimum absolute atomic E-state index is 0.112. The van der Waals surface area contributed by atoms with Crippen LogP contribution >= 0.6 is 23.5 Å². The summed E-state index contributed by atoms with van der Waals surface area (Å²) in [6.07, 6.45) is 3.84. The van der Waals surface area contributed by atoms with E-state index in [1.165, 1.54) is 0 Å². The number of carbonyl (C=O) groups is 1. The lowest BCUT2D eigenvalue weighted by Gasteiger charge is -2.22. The first-order valence-electron chi connectivity index (χ1n) is 5.14. The maximum atomic E-state index is 11.7. The number of pyridine rings is 1. The van der Waals surface area contributed by atoms with Crippen molar-refractivity contribution in [3.05, 3.63) is 30.1 Å². The molecule has 0 aromatic carbocycles. The second-order valence-electron chi connectivity index (χ2n) is 3.50. The average Bonchev–Trinajstić information content (AvgIpc) is 2.69. The molecule has 0 aliphatic carbocycles. The van der Waals surface area contributed by atoms with Crippen molar-refractivity contribution in [3.63, 3.8) is 0 Å². The fourth-order valence-electron chi connectivity index (χ4n) is 1.65. The third kappa shape index (κ3) is 2.52. The van der Waals surface area contributed by atoms with Crippen LogP contribution in [0.3, 0.4) is 0 Å². The van der Waals surface area contributed by atoms with E-state index in [-0.39, 0.29) is 11.3 Å². The molecule has 16 heavy (non-hydrogen) atoms. The van der Waals surface area contributed by atoms with Gasteiger partial charge in [0.15, 0.2) is 0 Å². The van der Waals surface area contributed by atoms with Crippen LogP contribution in [0.4, 0.5) is 0 Å². The summed E-state index contributed by atoms with van der Waals surface area (Å²) in [5.74, 6) is 1.79. The Morgan fingerprint density at radius 2 is 2.50 bits per heavy atom. The smallest absolute Gasteiger partial charge is 0.233 e. The molecule has 1 aromatic rings. The van der Waals surface area contributed by atoms with Gasteiger partial charge in [0.1, 0.15) is 5.37 Å². The minimum atomic E-state index is 0.112. The Morgan fingerprint density at radius 1 is 1.62 bits per heavy atom. The van der Waals surface area contributed by atoms with E-state index in [9.17, 15) is 4.79 Å². The Bertz CT molecular complexity index is 358. The van der Waals surface area contributed by atoms with E-state index in [0.29, 0.717) is 5.75 Å². The van der Waals surface area contributed by atoms with Crippen LogP contribution in [-0.2, 0) is 4.79 Å². The summed E-state index contributed by atoms with van der Waals surface area (Å²) in [5, 5.41) is 0.112. The van der Waals surface area contributed by atoms with Gasteiger partial charge in [-0.2, -0.15) is 11.8 Å². The van der Waals surface area contributed by atoms with E-state index in [1.54, 1.807) is 29.7 Å². The number of nitrogens with zero attached hydrogens (tertiary/aromatic N) is 2. The molecule has 0 N–H and O–H groups in total. The Morgan fingerprint density at radius 3 is 3.19 bits per heavy atom. The van der Waals surface area contributed by atoms with Crippen LogP contribution in [0.2, 0.25) is 0 Å². The van der Waals surface area contributed by atoms with Gasteiger partial charge in [-0.15, -0.1) is 11.8 Å². The van der Waals surface area contributed by atoms with Crippen molar-refractivity contribution < 1.29 is 4.79 Å². The van der Waals surface area contributed by atoms with E-state index >= 15 is 0 Å². The highest BCUT2D eigenvalue weighted by atomic mass is 32.2. The fourth-order valence-corrected chi connectivity index (χ4v) is 3.21. The zero-order chi connectivity index (χ0) is 11.4. The van der Waals surface area contributed by atoms with Gasteiger partial charge in [0.05, 0.1) is 11.4 Å². The lowest BCUT2D eigenvalue weighted by atomic mass is 10.3. The predicted molar refractivity (Wildman–Crippen MR) is 69.5 cm³/mol. The summed E-state index contributed by atoms with van der Waals surface area (Å²) >= 11 is 3.43. The standard InChI is InChI=1S/C11H14N2OS2/c1-15-7-6-13-10(14)8-16-11(13)9-4-2-3-5-12-9/h2-5,11H,6-8H2,1H3. The van der Waals surface area contributed by atoms with Gasteiger partial charge in [0.25, 0.3) is 0 Å². The molecular formula is C11H14N2OS2. The van der Waals surface area contributed by atoms with E-state index in [2.05, 4.69) is 11.2 Å². The van der Waals surface area contributed by atoms with Crippen molar-refractivity contribution >= 4 is 29.4 Å². The van der Waals surface area contributed by atoms with Crippen molar-refractivity contribution in [2.24, 2.45) is 0 Å². The predicted octanol–water partition coefficient (Wildman–Crippen LogP) is 2.02. The fraction of sp³-hybridized carbons (Fsp3) is 0.455. The monoisotopic (exact) mass is 254 g/mol. The van der Waals surface area contributed by atoms with Crippen LogP contribution in [0, 0.1) is 0 Å². The van der Waals surface area contributed by atoms with Crippen molar-refractivity contribution in [1.29, 1.82) is 0 Å². The molecule has 1 amide bonds. The lowest BCUT2D eigenvalue weighted by Crippen LogP contribution is -2.30. The first-order chi connectivity index (χ1) is 7.83. The molecule has 0 spiro atoms. The molecule has 1 aliphatic rings. The van der Waals surface area contributed by atoms with Crippen molar-refractivity contribution in [1.82, 2.24) is 9.88 Å². The zero-order valence-corrected chi connectivity index (χ0v) is 10.8. The first kappa shape index (κ1) is 11.8. The Balaban J connectivity index is 2.11. The summed E-state index contributed by atoms with van der Waals surface area (Å²) in [4.78, 5) is 18.0. The van der Waals surface area contributed by atoms with Gasteiger partial charge in [0, 0.05) is 18.5 Å². The van der Waals surface area contributed by atoms with Gasteiger partial charge in [0.2, 0.25) is 5.91 Å². The first-order valence-corrected chi connectivity index (χ1v) is 7.58. The maximum absolute atomic E-state index is 11.7. The molecule has 0 radical (unpaired) electrons. The molecule has 3 nitrogen and oxygen atoms in total. The summed E-state index contributed by atoms with van der Waals surface area (Å²) in [7, 11) is 0. The molecule has 2 heterocycles. The molecule has 1 aliphatic heterocycles. The second kappa shape index (κ2) is 5.59. The number of rotatable bonds is 4. The van der Waals surface area contributed by atoms with E-state index < -0.39 is 0 Å². The van der Waals surface area contributed by atoms with E-state index in [1.807, 2.05) is 23.1 Å². The van der Waals surface area contributed by atoms with Crippen molar-refractivity contribution in [3.8, 4) is 0 Å². The molecule has 0 bridgehead atoms. The molecule has 1 aromatic heterocycles. The van der Waals surface area contributed by atoms with Crippen LogP contribution in [0.25, 0.3) is 0 Å². The minimum Gasteiger partial charge on any atom is -0.323 e. The van der Waals surface area contributed by atoms with Gasteiger partial charge >= 0.3 is 0 Å². The third-order valence-electron chi connectivity index (χ3n) is 2.45. The molecule has 1 fully saturated rings. The zero-order valence-electron chi connectivity index (χ0n) is 9.13. The number of hydrogen-bond donors (Lipinski definition) is 0. The SMILES string of the molecule is CSCCN1C(=O)CSC1c1ccccn1. The van der Waals surface area contributed by atoms with Crippen LogP contribution in [0.1, 0.15) is 11.1 Å². The van der Waals surface area contributed by atoms with Crippen LogP contribution < -0.4 is 0 Å². The quantitative estimate of drug-likeness (QED) is 0.823. The molecular weight excluding hydrogens is 240 g/mol. The highest BCUT2D eigenvalue weighted by molar-refractivity contribution is 8.00. The number of carbonyl (C=O) groups excluding carboxylic acids is 1. The molecule has 1 atom stereocenters. The molecule has 86 valence electrons. The Kier molecular flexibility index (Phi) is 4.12. The Labute approximate surface area is 104 Å². The Hall–Kier alpha value is -0.680. The van der Waals surface area contributed by atoms with Crippen LogP contribution in [-0.4, -0.2) is 40.1 Å². The van der Waals surface area contributed by atoms with Gasteiger partial charge in [-0.1, -0.05) is 6.07 Å². The largest absolute Gasteiger partial charge is 0.323 e. The molecule has 1 unspecified atom stereocenters. The number of amides is 1. The molecule has 1 saturated heterocycles. The lowest BCUT2D eigenvalue weighted by molar-refractivity contribution is -0.127. The summed E-state index contributed by atoms with van der Waals surface area (Å²) in [6, 6.07) is 5.86. The van der Waals surface area contributed by atoms with Gasteiger partial charge in [-0.25, -0.2) is 0 Å². The highest BCUT2D eigenvalue weighted by Gasteiger charge is 2.32. The summed E-state index contributed by atoms with van der Waals surface area (Å²) in [6.45, 7) is 0.814. The van der Waals surface area contributed by atoms with Gasteiger partial charge in [-0.05, 0) is 18.4 Å². The second-order valence-corrected chi connectivity index (χ2v) is 5.55. The third-order valence-corrected chi connectivity index (χ3v) is 4.26. The maximum Gasteiger partial charge on any atom is 0.233 e. The van der Waals surface area contributed by atoms with Crippen molar-refractivity contribution in [2.75, 3.05) is 24.3 Å². The molecule has 2 rings (SSSR count). The average molecular weight is 254 g/mol. The van der Waals surface area contributed by atoms with Crippen LogP contribution in [0.5, 0.6) is 0 Å². The number of hydrogen-bond acceptors (Lipinski definition) is 4. The molecule has 5 heteroatoms. The summed E-state index contributed by atoms with van der Waals surface area (Å²) in [5.41, 5.74) is 0.986. The normalized spacial score (nSPS) is 20.4. The van der Waals surface area contributed by atoms with Crippen molar-refractivity contribution in [2.45, 2.75) is 5.37 Å². The number of thioether (sulfide) groups is 2. The molecule has 0 saturated carbocycles. The van der Waals surface area contributed by atoms with E-state index in [4.69, 9.17) is 0 Å². The highest BCUT2D eigenvalue weighted by Crippen LogP contribution is 2.37. The number of aromatic nitrogens is 1. The topological polar surface area (TPSA) is 33.2 Å². The van der Waals surface area contributed by atoms with Crippen LogP contribution in [0.15, 0.2) is 24.4 Å².